The summed E-state index contributed by atoms with van der Waals surface area (Å²) < 4.78 is 0. The minimum atomic E-state index is -0.252. The molecule has 3 nitrogen and oxygen atoms in total. The summed E-state index contributed by atoms with van der Waals surface area (Å²) in [5, 5.41) is 6.60. The van der Waals surface area contributed by atoms with Crippen LogP contribution in [0.1, 0.15) is 52.4 Å². The van der Waals surface area contributed by atoms with Crippen LogP contribution in [0.4, 0.5) is 0 Å². The summed E-state index contributed by atoms with van der Waals surface area (Å²) in [7, 11) is 0. The molecular weight excluding hydrogens is 212 g/mol. The molecule has 0 aromatic carbocycles. The highest BCUT2D eigenvalue weighted by molar-refractivity contribution is 5.86. The van der Waals surface area contributed by atoms with Crippen LogP contribution in [0.3, 0.4) is 0 Å². The quantitative estimate of drug-likeness (QED) is 0.744. The third-order valence-electron chi connectivity index (χ3n) is 4.37. The molecule has 2 fully saturated rings. The number of carbonyl (C=O) groups is 1. The van der Waals surface area contributed by atoms with E-state index in [1.54, 1.807) is 0 Å². The van der Waals surface area contributed by atoms with Crippen molar-refractivity contribution in [2.45, 2.75) is 57.9 Å². The highest BCUT2D eigenvalue weighted by Gasteiger charge is 2.40. The second-order valence-electron chi connectivity index (χ2n) is 5.89. The number of carbonyl (C=O) groups excluding carboxylic acids is 1. The van der Waals surface area contributed by atoms with Crippen molar-refractivity contribution < 1.29 is 4.79 Å². The lowest BCUT2D eigenvalue weighted by Crippen LogP contribution is -2.54. The summed E-state index contributed by atoms with van der Waals surface area (Å²) in [5.41, 5.74) is -0.252. The van der Waals surface area contributed by atoms with Crippen molar-refractivity contribution in [3.63, 3.8) is 0 Å². The average Bonchev–Trinajstić information content (AvgIpc) is 3.07. The molecule has 0 radical (unpaired) electrons. The zero-order valence-corrected chi connectivity index (χ0v) is 11.2. The molecule has 2 aliphatic rings. The van der Waals surface area contributed by atoms with Gasteiger partial charge in [-0.3, -0.25) is 4.79 Å². The van der Waals surface area contributed by atoms with E-state index in [1.807, 2.05) is 0 Å². The van der Waals surface area contributed by atoms with Gasteiger partial charge in [0.25, 0.3) is 0 Å². The predicted octanol–water partition coefficient (Wildman–Crippen LogP) is 2.07. The van der Waals surface area contributed by atoms with E-state index in [2.05, 4.69) is 24.5 Å². The van der Waals surface area contributed by atoms with Gasteiger partial charge in [0, 0.05) is 6.54 Å². The highest BCUT2D eigenvalue weighted by Crippen LogP contribution is 2.36. The van der Waals surface area contributed by atoms with Gasteiger partial charge >= 0.3 is 0 Å². The largest absolute Gasteiger partial charge is 0.354 e. The van der Waals surface area contributed by atoms with Gasteiger partial charge < -0.3 is 10.6 Å². The lowest BCUT2D eigenvalue weighted by molar-refractivity contribution is -0.127. The normalized spacial score (nSPS) is 30.2. The van der Waals surface area contributed by atoms with Crippen LogP contribution in [0.15, 0.2) is 0 Å². The van der Waals surface area contributed by atoms with Crippen molar-refractivity contribution in [3.8, 4) is 0 Å². The first-order valence-electron chi connectivity index (χ1n) is 7.21. The van der Waals surface area contributed by atoms with Crippen LogP contribution in [0.2, 0.25) is 0 Å². The Morgan fingerprint density at radius 1 is 1.53 bits per heavy atom. The molecule has 1 aliphatic carbocycles. The molecule has 3 heteroatoms. The number of hydrogen-bond acceptors (Lipinski definition) is 2. The minimum Gasteiger partial charge on any atom is -0.354 e. The van der Waals surface area contributed by atoms with Crippen LogP contribution in [0.5, 0.6) is 0 Å². The Morgan fingerprint density at radius 3 is 2.82 bits per heavy atom. The fourth-order valence-corrected chi connectivity index (χ4v) is 3.01. The molecule has 2 unspecified atom stereocenters. The molecule has 2 rings (SSSR count). The molecule has 98 valence electrons. The molecule has 0 bridgehead atoms. The Bertz CT molecular complexity index is 267. The predicted molar refractivity (Wildman–Crippen MR) is 69.8 cm³/mol. The van der Waals surface area contributed by atoms with E-state index >= 15 is 0 Å². The van der Waals surface area contributed by atoms with Crippen LogP contribution >= 0.6 is 0 Å². The van der Waals surface area contributed by atoms with E-state index in [1.165, 1.54) is 12.8 Å². The van der Waals surface area contributed by atoms with Gasteiger partial charge in [0.15, 0.2) is 0 Å². The van der Waals surface area contributed by atoms with E-state index in [0.29, 0.717) is 5.92 Å². The Hall–Kier alpha value is -0.570. The van der Waals surface area contributed by atoms with Crippen molar-refractivity contribution in [3.05, 3.63) is 0 Å². The van der Waals surface area contributed by atoms with Gasteiger partial charge in [-0.2, -0.15) is 0 Å². The molecule has 1 amide bonds. The maximum atomic E-state index is 12.3. The van der Waals surface area contributed by atoms with Gasteiger partial charge in [0.05, 0.1) is 5.54 Å². The molecule has 0 aromatic rings. The van der Waals surface area contributed by atoms with Crippen LogP contribution in [0, 0.1) is 11.8 Å². The summed E-state index contributed by atoms with van der Waals surface area (Å²) in [4.78, 5) is 12.3. The van der Waals surface area contributed by atoms with Crippen LogP contribution in [-0.2, 0) is 4.79 Å². The first-order valence-corrected chi connectivity index (χ1v) is 7.21. The average molecular weight is 238 g/mol. The van der Waals surface area contributed by atoms with Gasteiger partial charge in [0.1, 0.15) is 0 Å². The van der Waals surface area contributed by atoms with Gasteiger partial charge in [-0.15, -0.1) is 0 Å². The summed E-state index contributed by atoms with van der Waals surface area (Å²) in [6.45, 7) is 6.26. The number of hydrogen-bond donors (Lipinski definition) is 2. The first kappa shape index (κ1) is 12.9. The second kappa shape index (κ2) is 5.38. The van der Waals surface area contributed by atoms with E-state index in [4.69, 9.17) is 0 Å². The van der Waals surface area contributed by atoms with Gasteiger partial charge in [-0.05, 0) is 50.5 Å². The highest BCUT2D eigenvalue weighted by atomic mass is 16.2. The van der Waals surface area contributed by atoms with Gasteiger partial charge in [-0.1, -0.05) is 20.3 Å². The van der Waals surface area contributed by atoms with Gasteiger partial charge in [0.2, 0.25) is 5.91 Å². The lowest BCUT2D eigenvalue weighted by atomic mass is 9.90. The molecule has 2 atom stereocenters. The Kier molecular flexibility index (Phi) is 4.08. The molecule has 1 saturated heterocycles. The monoisotopic (exact) mass is 238 g/mol. The molecule has 17 heavy (non-hydrogen) atoms. The molecule has 1 saturated carbocycles. The summed E-state index contributed by atoms with van der Waals surface area (Å²) in [6.07, 6.45) is 6.89. The molecule has 0 spiro atoms. The lowest BCUT2D eigenvalue weighted by Gasteiger charge is -2.28. The Labute approximate surface area is 105 Å². The molecule has 0 aromatic heterocycles. The van der Waals surface area contributed by atoms with Crippen molar-refractivity contribution in [1.82, 2.24) is 10.6 Å². The summed E-state index contributed by atoms with van der Waals surface area (Å²) >= 11 is 0. The third kappa shape index (κ3) is 3.01. The Morgan fingerprint density at radius 2 is 2.29 bits per heavy atom. The van der Waals surface area contributed by atoms with Crippen molar-refractivity contribution in [2.24, 2.45) is 11.8 Å². The first-order chi connectivity index (χ1) is 8.18. The molecule has 1 aliphatic heterocycles. The third-order valence-corrected chi connectivity index (χ3v) is 4.37. The number of nitrogens with one attached hydrogen (secondary N) is 2. The topological polar surface area (TPSA) is 41.1 Å². The summed E-state index contributed by atoms with van der Waals surface area (Å²) in [5.74, 6) is 1.76. The number of amides is 1. The van der Waals surface area contributed by atoms with Crippen LogP contribution in [0.25, 0.3) is 0 Å². The van der Waals surface area contributed by atoms with Crippen molar-refractivity contribution in [2.75, 3.05) is 13.1 Å². The number of rotatable bonds is 6. The van der Waals surface area contributed by atoms with E-state index in [-0.39, 0.29) is 11.4 Å². The minimum absolute atomic E-state index is 0.240. The molecule has 2 N–H and O–H groups in total. The van der Waals surface area contributed by atoms with Crippen molar-refractivity contribution in [1.29, 1.82) is 0 Å². The van der Waals surface area contributed by atoms with Gasteiger partial charge in [-0.25, -0.2) is 0 Å². The maximum Gasteiger partial charge on any atom is 0.240 e. The zero-order chi connectivity index (χ0) is 12.3. The molecule has 1 heterocycles. The van der Waals surface area contributed by atoms with E-state index in [0.717, 1.165) is 44.7 Å². The maximum absolute atomic E-state index is 12.3. The van der Waals surface area contributed by atoms with Crippen LogP contribution in [-0.4, -0.2) is 24.5 Å². The fraction of sp³-hybridized carbons (Fsp3) is 0.929. The van der Waals surface area contributed by atoms with Crippen molar-refractivity contribution >= 4 is 5.91 Å². The smallest absolute Gasteiger partial charge is 0.240 e. The van der Waals surface area contributed by atoms with Crippen LogP contribution < -0.4 is 10.6 Å². The second-order valence-corrected chi connectivity index (χ2v) is 5.89. The summed E-state index contributed by atoms with van der Waals surface area (Å²) in [6, 6.07) is 0. The van der Waals surface area contributed by atoms with E-state index < -0.39 is 0 Å². The van der Waals surface area contributed by atoms with E-state index in [9.17, 15) is 4.79 Å². The molecular formula is C14H26N2O. The Balaban J connectivity index is 1.83. The zero-order valence-electron chi connectivity index (χ0n) is 11.2. The fourth-order valence-electron chi connectivity index (χ4n) is 3.01. The standard InChI is InChI=1S/C14H26N2O/c1-3-7-14(8-4-9-16-14)13(17)15-10-11(2)12-5-6-12/h11-12,16H,3-10H2,1-2H3,(H,15,17). The SMILES string of the molecule is CCCC1(C(=O)NCC(C)C2CC2)CCCN1.